The molecule has 0 fully saturated rings. The van der Waals surface area contributed by atoms with Crippen LogP contribution in [-0.4, -0.2) is 44.7 Å². The van der Waals surface area contributed by atoms with E-state index in [9.17, 15) is 8.42 Å². The first-order valence-electron chi connectivity index (χ1n) is 9.25. The molecule has 2 N–H and O–H groups in total. The van der Waals surface area contributed by atoms with Crippen LogP contribution in [0.3, 0.4) is 0 Å². The molecule has 0 unspecified atom stereocenters. The van der Waals surface area contributed by atoms with Gasteiger partial charge in [0.1, 0.15) is 0 Å². The van der Waals surface area contributed by atoms with Crippen LogP contribution < -0.4 is 10.6 Å². The molecule has 27 heavy (non-hydrogen) atoms. The second-order valence-corrected chi connectivity index (χ2v) is 8.37. The van der Waals surface area contributed by atoms with Crippen molar-refractivity contribution in [2.75, 3.05) is 25.4 Å². The van der Waals surface area contributed by atoms with Crippen molar-refractivity contribution in [3.05, 3.63) is 66.0 Å². The minimum atomic E-state index is -3.12. The number of benzene rings is 1. The highest BCUT2D eigenvalue weighted by atomic mass is 32.2. The van der Waals surface area contributed by atoms with E-state index in [0.29, 0.717) is 18.9 Å². The lowest BCUT2D eigenvalue weighted by molar-refractivity contribution is 0.592. The molecule has 0 aliphatic heterocycles. The Kier molecular flexibility index (Phi) is 8.77. The molecule has 1 heterocycles. The van der Waals surface area contributed by atoms with Gasteiger partial charge < -0.3 is 10.6 Å². The van der Waals surface area contributed by atoms with Crippen molar-refractivity contribution in [3.8, 4) is 0 Å². The zero-order chi connectivity index (χ0) is 19.4. The van der Waals surface area contributed by atoms with E-state index < -0.39 is 9.84 Å². The molecular formula is C20H28N4O2S. The van der Waals surface area contributed by atoms with Crippen molar-refractivity contribution in [2.45, 2.75) is 25.5 Å². The van der Waals surface area contributed by atoms with Gasteiger partial charge in [0.2, 0.25) is 0 Å². The van der Waals surface area contributed by atoms with E-state index in [-0.39, 0.29) is 11.5 Å². The van der Waals surface area contributed by atoms with Crippen molar-refractivity contribution < 1.29 is 8.42 Å². The van der Waals surface area contributed by atoms with Gasteiger partial charge in [0.15, 0.2) is 15.8 Å². The fraction of sp³-hybridized carbons (Fsp3) is 0.400. The largest absolute Gasteiger partial charge is 0.357 e. The van der Waals surface area contributed by atoms with Gasteiger partial charge in [-0.1, -0.05) is 36.4 Å². The molecule has 0 bridgehead atoms. The SMILES string of the molecule is CCNC(=NCCCS(=O)(=O)Cc1ccccc1)NCCc1ccccn1. The molecule has 1 aromatic heterocycles. The Morgan fingerprint density at radius 2 is 1.85 bits per heavy atom. The number of rotatable bonds is 10. The Morgan fingerprint density at radius 3 is 2.56 bits per heavy atom. The molecule has 7 heteroatoms. The molecule has 0 saturated carbocycles. The maximum atomic E-state index is 12.2. The fourth-order valence-electron chi connectivity index (χ4n) is 2.57. The smallest absolute Gasteiger partial charge is 0.191 e. The van der Waals surface area contributed by atoms with Gasteiger partial charge in [0, 0.05) is 37.9 Å². The molecular weight excluding hydrogens is 360 g/mol. The summed E-state index contributed by atoms with van der Waals surface area (Å²) in [4.78, 5) is 8.76. The maximum Gasteiger partial charge on any atom is 0.191 e. The van der Waals surface area contributed by atoms with Gasteiger partial charge in [-0.05, 0) is 31.0 Å². The molecule has 6 nitrogen and oxygen atoms in total. The average molecular weight is 389 g/mol. The number of nitrogens with zero attached hydrogens (tertiary/aromatic N) is 2. The summed E-state index contributed by atoms with van der Waals surface area (Å²) in [5.74, 6) is 0.924. The van der Waals surface area contributed by atoms with Crippen LogP contribution in [0.15, 0.2) is 59.7 Å². The van der Waals surface area contributed by atoms with Gasteiger partial charge in [0.25, 0.3) is 0 Å². The van der Waals surface area contributed by atoms with Crippen LogP contribution in [0, 0.1) is 0 Å². The lowest BCUT2D eigenvalue weighted by Gasteiger charge is -2.11. The third kappa shape index (κ3) is 8.68. The molecule has 2 rings (SSSR count). The first-order valence-corrected chi connectivity index (χ1v) is 11.1. The Balaban J connectivity index is 1.75. The second kappa shape index (κ2) is 11.3. The Bertz CT molecular complexity index is 793. The summed E-state index contributed by atoms with van der Waals surface area (Å²) in [7, 11) is -3.12. The number of nitrogens with one attached hydrogen (secondary N) is 2. The van der Waals surface area contributed by atoms with Crippen molar-refractivity contribution in [1.29, 1.82) is 0 Å². The molecule has 146 valence electrons. The van der Waals surface area contributed by atoms with Gasteiger partial charge in [0.05, 0.1) is 11.5 Å². The fourth-order valence-corrected chi connectivity index (χ4v) is 3.99. The van der Waals surface area contributed by atoms with Gasteiger partial charge >= 0.3 is 0 Å². The molecule has 0 amide bonds. The van der Waals surface area contributed by atoms with Crippen LogP contribution >= 0.6 is 0 Å². The van der Waals surface area contributed by atoms with Crippen molar-refractivity contribution in [1.82, 2.24) is 15.6 Å². The zero-order valence-electron chi connectivity index (χ0n) is 15.8. The molecule has 2 aromatic rings. The number of aromatic nitrogens is 1. The van der Waals surface area contributed by atoms with Crippen LogP contribution in [-0.2, 0) is 22.0 Å². The topological polar surface area (TPSA) is 83.5 Å². The number of hydrogen-bond acceptors (Lipinski definition) is 4. The molecule has 0 atom stereocenters. The van der Waals surface area contributed by atoms with E-state index in [4.69, 9.17) is 0 Å². The summed E-state index contributed by atoms with van der Waals surface area (Å²) >= 11 is 0. The normalized spacial score (nSPS) is 12.0. The number of sulfone groups is 1. The van der Waals surface area contributed by atoms with Gasteiger partial charge in [-0.3, -0.25) is 9.98 Å². The summed E-state index contributed by atoms with van der Waals surface area (Å²) < 4.78 is 24.4. The van der Waals surface area contributed by atoms with Crippen molar-refractivity contribution >= 4 is 15.8 Å². The van der Waals surface area contributed by atoms with Gasteiger partial charge in [-0.2, -0.15) is 0 Å². The zero-order valence-corrected chi connectivity index (χ0v) is 16.6. The van der Waals surface area contributed by atoms with E-state index in [1.165, 1.54) is 0 Å². The van der Waals surface area contributed by atoms with Crippen molar-refractivity contribution in [2.24, 2.45) is 4.99 Å². The number of aliphatic imine (C=N–C) groups is 1. The first-order chi connectivity index (χ1) is 13.1. The van der Waals surface area contributed by atoms with Crippen LogP contribution in [0.5, 0.6) is 0 Å². The first kappa shape index (κ1) is 20.9. The highest BCUT2D eigenvalue weighted by Gasteiger charge is 2.11. The summed E-state index contributed by atoms with van der Waals surface area (Å²) in [6.07, 6.45) is 3.09. The predicted molar refractivity (Wildman–Crippen MR) is 110 cm³/mol. The van der Waals surface area contributed by atoms with Crippen LogP contribution in [0.2, 0.25) is 0 Å². The summed E-state index contributed by atoms with van der Waals surface area (Å²) in [6, 6.07) is 15.1. The summed E-state index contributed by atoms with van der Waals surface area (Å²) in [5, 5.41) is 6.43. The van der Waals surface area contributed by atoms with Crippen LogP contribution in [0.1, 0.15) is 24.6 Å². The predicted octanol–water partition coefficient (Wildman–Crippen LogP) is 2.18. The Morgan fingerprint density at radius 1 is 1.07 bits per heavy atom. The molecule has 0 aliphatic rings. The number of hydrogen-bond donors (Lipinski definition) is 2. The van der Waals surface area contributed by atoms with Crippen LogP contribution in [0.25, 0.3) is 0 Å². The number of pyridine rings is 1. The monoisotopic (exact) mass is 388 g/mol. The highest BCUT2D eigenvalue weighted by Crippen LogP contribution is 2.07. The van der Waals surface area contributed by atoms with E-state index in [1.807, 2.05) is 55.5 Å². The molecule has 0 spiro atoms. The summed E-state index contributed by atoms with van der Waals surface area (Å²) in [5.41, 5.74) is 1.85. The maximum absolute atomic E-state index is 12.2. The number of guanidine groups is 1. The average Bonchev–Trinajstić information content (AvgIpc) is 2.66. The lowest BCUT2D eigenvalue weighted by Crippen LogP contribution is -2.38. The van der Waals surface area contributed by atoms with E-state index in [1.54, 1.807) is 6.20 Å². The third-order valence-electron chi connectivity index (χ3n) is 3.86. The van der Waals surface area contributed by atoms with Crippen molar-refractivity contribution in [3.63, 3.8) is 0 Å². The Hall–Kier alpha value is -2.41. The van der Waals surface area contributed by atoms with E-state index >= 15 is 0 Å². The third-order valence-corrected chi connectivity index (χ3v) is 5.54. The highest BCUT2D eigenvalue weighted by molar-refractivity contribution is 7.90. The second-order valence-electron chi connectivity index (χ2n) is 6.19. The summed E-state index contributed by atoms with van der Waals surface area (Å²) in [6.45, 7) is 3.93. The van der Waals surface area contributed by atoms with E-state index in [0.717, 1.165) is 30.8 Å². The minimum Gasteiger partial charge on any atom is -0.357 e. The quantitative estimate of drug-likeness (QED) is 0.370. The Labute approximate surface area is 162 Å². The van der Waals surface area contributed by atoms with Gasteiger partial charge in [-0.25, -0.2) is 8.42 Å². The molecule has 1 aromatic carbocycles. The van der Waals surface area contributed by atoms with E-state index in [2.05, 4.69) is 20.6 Å². The minimum absolute atomic E-state index is 0.0833. The molecule has 0 aliphatic carbocycles. The lowest BCUT2D eigenvalue weighted by atomic mass is 10.2. The molecule has 0 radical (unpaired) electrons. The molecule has 0 saturated heterocycles. The van der Waals surface area contributed by atoms with Gasteiger partial charge in [-0.15, -0.1) is 0 Å². The van der Waals surface area contributed by atoms with Crippen LogP contribution in [0.4, 0.5) is 0 Å². The standard InChI is InChI=1S/C20H28N4O2S/c1-2-21-20(24-15-12-19-11-6-7-13-22-19)23-14-8-16-27(25,26)17-18-9-4-3-5-10-18/h3-7,9-11,13H,2,8,12,14-17H2,1H3,(H2,21,23,24).